The van der Waals surface area contributed by atoms with Crippen LogP contribution >= 0.6 is 0 Å². The Morgan fingerprint density at radius 3 is 2.86 bits per heavy atom. The molecule has 1 rings (SSSR count). The predicted octanol–water partition coefficient (Wildman–Crippen LogP) is 1.68. The van der Waals surface area contributed by atoms with Crippen molar-refractivity contribution in [3.63, 3.8) is 0 Å². The van der Waals surface area contributed by atoms with E-state index in [4.69, 9.17) is 10.8 Å². The Hall–Kier alpha value is -1.19. The van der Waals surface area contributed by atoms with Crippen LogP contribution < -0.4 is 5.73 Å². The summed E-state index contributed by atoms with van der Waals surface area (Å²) in [4.78, 5) is 0. The molecule has 0 aromatic heterocycles. The number of hydrogen-bond donors (Lipinski definition) is 2. The summed E-state index contributed by atoms with van der Waals surface area (Å²) in [6.45, 7) is 0.489. The van der Waals surface area contributed by atoms with E-state index in [0.29, 0.717) is 13.0 Å². The Labute approximate surface area is 82.9 Å². The van der Waals surface area contributed by atoms with E-state index < -0.39 is 0 Å². The van der Waals surface area contributed by atoms with E-state index in [1.807, 2.05) is 0 Å². The fraction of sp³-hybridized carbons (Fsp3) is 0.273. The van der Waals surface area contributed by atoms with E-state index in [1.54, 1.807) is 18.2 Å². The first-order chi connectivity index (χ1) is 6.77. The van der Waals surface area contributed by atoms with E-state index in [9.17, 15) is 4.39 Å². The third-order valence-corrected chi connectivity index (χ3v) is 1.92. The summed E-state index contributed by atoms with van der Waals surface area (Å²) in [5.41, 5.74) is 7.18. The van der Waals surface area contributed by atoms with Crippen LogP contribution in [0.25, 0.3) is 6.08 Å². The Morgan fingerprint density at radius 1 is 1.43 bits per heavy atom. The van der Waals surface area contributed by atoms with E-state index in [0.717, 1.165) is 11.1 Å². The number of halogens is 1. The fourth-order valence-corrected chi connectivity index (χ4v) is 1.19. The maximum atomic E-state index is 12.9. The molecule has 76 valence electrons. The lowest BCUT2D eigenvalue weighted by Gasteiger charge is -2.02. The highest BCUT2D eigenvalue weighted by atomic mass is 19.1. The minimum absolute atomic E-state index is 0.101. The molecule has 1 aromatic carbocycles. The van der Waals surface area contributed by atoms with Gasteiger partial charge in [-0.2, -0.15) is 0 Å². The van der Waals surface area contributed by atoms with E-state index in [2.05, 4.69) is 0 Å². The summed E-state index contributed by atoms with van der Waals surface area (Å²) >= 11 is 0. The quantitative estimate of drug-likeness (QED) is 0.767. The molecule has 0 atom stereocenters. The molecule has 3 N–H and O–H groups in total. The number of hydrogen-bond acceptors (Lipinski definition) is 2. The highest BCUT2D eigenvalue weighted by Gasteiger charge is 1.98. The number of benzene rings is 1. The van der Waals surface area contributed by atoms with E-state index in [1.165, 1.54) is 12.1 Å². The molecule has 3 heteroatoms. The molecule has 0 heterocycles. The Bertz CT molecular complexity index is 323. The lowest BCUT2D eigenvalue weighted by molar-refractivity contribution is 0.303. The monoisotopic (exact) mass is 195 g/mol. The summed E-state index contributed by atoms with van der Waals surface area (Å²) in [6.07, 6.45) is 4.15. The minimum Gasteiger partial charge on any atom is -0.396 e. The Balaban J connectivity index is 2.87. The molecule has 0 radical (unpaired) electrons. The molecule has 0 saturated carbocycles. The second kappa shape index (κ2) is 5.52. The van der Waals surface area contributed by atoms with Gasteiger partial charge in [0.15, 0.2) is 0 Å². The molecular formula is C11H14FNO. The fourth-order valence-electron chi connectivity index (χ4n) is 1.19. The standard InChI is InChI=1S/C11H14FNO/c12-11-5-4-10(8-13)9(7-11)3-1-2-6-14/h1,3-5,7,14H,2,6,8,13H2. The normalized spacial score (nSPS) is 11.1. The van der Waals surface area contributed by atoms with Crippen LogP contribution in [0.15, 0.2) is 24.3 Å². The van der Waals surface area contributed by atoms with Gasteiger partial charge in [0.2, 0.25) is 0 Å². The maximum Gasteiger partial charge on any atom is 0.123 e. The van der Waals surface area contributed by atoms with Gasteiger partial charge < -0.3 is 10.8 Å². The summed E-state index contributed by atoms with van der Waals surface area (Å²) < 4.78 is 12.9. The van der Waals surface area contributed by atoms with Crippen LogP contribution in [0.4, 0.5) is 4.39 Å². The second-order valence-corrected chi connectivity index (χ2v) is 2.96. The summed E-state index contributed by atoms with van der Waals surface area (Å²) in [5.74, 6) is -0.272. The van der Waals surface area contributed by atoms with Crippen molar-refractivity contribution in [2.24, 2.45) is 5.73 Å². The van der Waals surface area contributed by atoms with Crippen molar-refractivity contribution >= 4 is 6.08 Å². The molecule has 0 aliphatic heterocycles. The van der Waals surface area contributed by atoms with Crippen LogP contribution in [0.3, 0.4) is 0 Å². The van der Waals surface area contributed by atoms with Crippen LogP contribution in [0.1, 0.15) is 17.5 Å². The van der Waals surface area contributed by atoms with Gasteiger partial charge in [0.05, 0.1) is 0 Å². The molecule has 0 spiro atoms. The third kappa shape index (κ3) is 2.94. The smallest absolute Gasteiger partial charge is 0.123 e. The molecule has 0 unspecified atom stereocenters. The van der Waals surface area contributed by atoms with Crippen molar-refractivity contribution in [3.05, 3.63) is 41.2 Å². The average molecular weight is 195 g/mol. The van der Waals surface area contributed by atoms with Crippen molar-refractivity contribution in [2.45, 2.75) is 13.0 Å². The van der Waals surface area contributed by atoms with Crippen LogP contribution in [-0.4, -0.2) is 11.7 Å². The molecule has 0 fully saturated rings. The van der Waals surface area contributed by atoms with Crippen LogP contribution in [-0.2, 0) is 6.54 Å². The van der Waals surface area contributed by atoms with Crippen molar-refractivity contribution < 1.29 is 9.50 Å². The maximum absolute atomic E-state index is 12.9. The lowest BCUT2D eigenvalue weighted by Crippen LogP contribution is -1.99. The molecule has 0 amide bonds. The van der Waals surface area contributed by atoms with Gasteiger partial charge in [-0.3, -0.25) is 0 Å². The summed E-state index contributed by atoms with van der Waals surface area (Å²) in [5, 5.41) is 8.58. The first-order valence-electron chi connectivity index (χ1n) is 4.54. The SMILES string of the molecule is NCc1ccc(F)cc1C=CCCO. The zero-order chi connectivity index (χ0) is 10.4. The van der Waals surface area contributed by atoms with Gasteiger partial charge in [-0.1, -0.05) is 18.2 Å². The zero-order valence-electron chi connectivity index (χ0n) is 7.91. The second-order valence-electron chi connectivity index (χ2n) is 2.96. The van der Waals surface area contributed by atoms with Gasteiger partial charge >= 0.3 is 0 Å². The van der Waals surface area contributed by atoms with Crippen LogP contribution in [0.5, 0.6) is 0 Å². The van der Waals surface area contributed by atoms with Crippen molar-refractivity contribution in [2.75, 3.05) is 6.61 Å². The van der Waals surface area contributed by atoms with Gasteiger partial charge in [0, 0.05) is 13.2 Å². The molecule has 1 aromatic rings. The largest absolute Gasteiger partial charge is 0.396 e. The average Bonchev–Trinajstić information content (AvgIpc) is 2.19. The molecule has 0 aliphatic carbocycles. The Morgan fingerprint density at radius 2 is 2.21 bits per heavy atom. The number of aliphatic hydroxyl groups excluding tert-OH is 1. The number of rotatable bonds is 4. The number of nitrogens with two attached hydrogens (primary N) is 1. The summed E-state index contributed by atoms with van der Waals surface area (Å²) in [7, 11) is 0. The first kappa shape index (κ1) is 10.9. The highest BCUT2D eigenvalue weighted by molar-refractivity contribution is 5.53. The molecular weight excluding hydrogens is 181 g/mol. The zero-order valence-corrected chi connectivity index (χ0v) is 7.91. The number of aliphatic hydroxyl groups is 1. The van der Waals surface area contributed by atoms with Gasteiger partial charge in [-0.05, 0) is 29.7 Å². The molecule has 0 saturated heterocycles. The summed E-state index contributed by atoms with van der Waals surface area (Å²) in [6, 6.07) is 4.51. The van der Waals surface area contributed by atoms with Gasteiger partial charge in [-0.25, -0.2) is 4.39 Å². The van der Waals surface area contributed by atoms with Gasteiger partial charge in [-0.15, -0.1) is 0 Å². The molecule has 2 nitrogen and oxygen atoms in total. The van der Waals surface area contributed by atoms with Gasteiger partial charge in [0.25, 0.3) is 0 Å². The topological polar surface area (TPSA) is 46.2 Å². The molecule has 14 heavy (non-hydrogen) atoms. The Kier molecular flexibility index (Phi) is 4.29. The minimum atomic E-state index is -0.272. The van der Waals surface area contributed by atoms with Crippen LogP contribution in [0, 0.1) is 5.82 Å². The molecule has 0 bridgehead atoms. The van der Waals surface area contributed by atoms with E-state index >= 15 is 0 Å². The van der Waals surface area contributed by atoms with Crippen LogP contribution in [0.2, 0.25) is 0 Å². The van der Waals surface area contributed by atoms with E-state index in [-0.39, 0.29) is 12.4 Å². The van der Waals surface area contributed by atoms with Crippen molar-refractivity contribution in [3.8, 4) is 0 Å². The third-order valence-electron chi connectivity index (χ3n) is 1.92. The molecule has 0 aliphatic rings. The van der Waals surface area contributed by atoms with Gasteiger partial charge in [0.1, 0.15) is 5.82 Å². The van der Waals surface area contributed by atoms with Crippen molar-refractivity contribution in [1.29, 1.82) is 0 Å². The highest BCUT2D eigenvalue weighted by Crippen LogP contribution is 2.12. The first-order valence-corrected chi connectivity index (χ1v) is 4.54. The van der Waals surface area contributed by atoms with Crippen molar-refractivity contribution in [1.82, 2.24) is 0 Å². The predicted molar refractivity (Wildman–Crippen MR) is 55.0 cm³/mol. The lowest BCUT2D eigenvalue weighted by atomic mass is 10.1.